The Balaban J connectivity index is 1.65. The van der Waals surface area contributed by atoms with E-state index in [2.05, 4.69) is 25.6 Å². The van der Waals surface area contributed by atoms with Crippen molar-refractivity contribution in [1.29, 1.82) is 0 Å². The van der Waals surface area contributed by atoms with E-state index in [4.69, 9.17) is 10.6 Å². The van der Waals surface area contributed by atoms with Crippen molar-refractivity contribution in [2.75, 3.05) is 50.1 Å². The first-order chi connectivity index (χ1) is 9.86. The first-order valence-electron chi connectivity index (χ1n) is 6.71. The van der Waals surface area contributed by atoms with E-state index in [1.165, 1.54) is 0 Å². The summed E-state index contributed by atoms with van der Waals surface area (Å²) in [5, 5.41) is 3.32. The van der Waals surface area contributed by atoms with E-state index in [9.17, 15) is 0 Å². The fourth-order valence-corrected chi connectivity index (χ4v) is 2.28. The number of morpholine rings is 1. The number of anilines is 2. The number of nitrogens with zero attached hydrogens (tertiary/aromatic N) is 4. The largest absolute Gasteiger partial charge is 0.379 e. The molecule has 4 N–H and O–H groups in total. The number of imidazole rings is 1. The minimum Gasteiger partial charge on any atom is -0.379 e. The topological polar surface area (TPSA) is 92.7 Å². The third kappa shape index (κ3) is 2.82. The summed E-state index contributed by atoms with van der Waals surface area (Å²) in [7, 11) is 0. The number of rotatable bonds is 5. The second-order valence-corrected chi connectivity index (χ2v) is 4.66. The van der Waals surface area contributed by atoms with Crippen molar-refractivity contribution < 1.29 is 4.74 Å². The molecule has 1 saturated heterocycles. The van der Waals surface area contributed by atoms with Crippen molar-refractivity contribution in [3.05, 3.63) is 18.6 Å². The molecular weight excluding hydrogens is 258 g/mol. The molecule has 0 atom stereocenters. The van der Waals surface area contributed by atoms with Crippen LogP contribution >= 0.6 is 0 Å². The van der Waals surface area contributed by atoms with Gasteiger partial charge in [0.25, 0.3) is 0 Å². The molecule has 0 radical (unpaired) electrons. The molecule has 8 heteroatoms. The van der Waals surface area contributed by atoms with Gasteiger partial charge in [0.05, 0.1) is 19.4 Å². The monoisotopic (exact) mass is 277 g/mol. The SMILES string of the molecule is NNc1cn2ccnc2c(NCCN2CCOCC2)n1. The summed E-state index contributed by atoms with van der Waals surface area (Å²) in [6.45, 7) is 5.36. The van der Waals surface area contributed by atoms with Crippen molar-refractivity contribution in [1.82, 2.24) is 19.3 Å². The highest BCUT2D eigenvalue weighted by Crippen LogP contribution is 2.15. The lowest BCUT2D eigenvalue weighted by atomic mass is 10.4. The lowest BCUT2D eigenvalue weighted by Crippen LogP contribution is -2.39. The third-order valence-electron chi connectivity index (χ3n) is 3.35. The molecule has 0 unspecified atom stereocenters. The molecular formula is C12H19N7O. The molecule has 20 heavy (non-hydrogen) atoms. The number of hydrogen-bond acceptors (Lipinski definition) is 7. The molecule has 0 aliphatic carbocycles. The number of fused-ring (bicyclic) bond motifs is 1. The molecule has 2 aromatic rings. The van der Waals surface area contributed by atoms with Gasteiger partial charge in [0.15, 0.2) is 17.3 Å². The minimum absolute atomic E-state index is 0.601. The van der Waals surface area contributed by atoms with Gasteiger partial charge in [-0.3, -0.25) is 4.90 Å². The number of aromatic nitrogens is 3. The summed E-state index contributed by atoms with van der Waals surface area (Å²) >= 11 is 0. The Hall–Kier alpha value is -1.90. The number of hydrogen-bond donors (Lipinski definition) is 3. The maximum absolute atomic E-state index is 5.43. The highest BCUT2D eigenvalue weighted by atomic mass is 16.5. The van der Waals surface area contributed by atoms with Crippen molar-refractivity contribution >= 4 is 17.3 Å². The quantitative estimate of drug-likeness (QED) is 0.513. The molecule has 0 saturated carbocycles. The number of nitrogens with two attached hydrogens (primary N) is 1. The molecule has 8 nitrogen and oxygen atoms in total. The van der Waals surface area contributed by atoms with Crippen molar-refractivity contribution in [3.63, 3.8) is 0 Å². The van der Waals surface area contributed by atoms with Gasteiger partial charge >= 0.3 is 0 Å². The van der Waals surface area contributed by atoms with Crippen molar-refractivity contribution in [3.8, 4) is 0 Å². The van der Waals surface area contributed by atoms with Crippen LogP contribution in [0.5, 0.6) is 0 Å². The second kappa shape index (κ2) is 6.04. The number of nitrogens with one attached hydrogen (secondary N) is 2. The van der Waals surface area contributed by atoms with Gasteiger partial charge in [-0.15, -0.1) is 0 Å². The maximum atomic E-state index is 5.43. The fraction of sp³-hybridized carbons (Fsp3) is 0.500. The van der Waals surface area contributed by atoms with E-state index in [-0.39, 0.29) is 0 Å². The highest BCUT2D eigenvalue weighted by Gasteiger charge is 2.11. The van der Waals surface area contributed by atoms with E-state index < -0.39 is 0 Å². The molecule has 1 fully saturated rings. The molecule has 0 bridgehead atoms. The Morgan fingerprint density at radius 2 is 2.20 bits per heavy atom. The summed E-state index contributed by atoms with van der Waals surface area (Å²) in [6, 6.07) is 0. The van der Waals surface area contributed by atoms with Gasteiger partial charge in [0.1, 0.15) is 0 Å². The molecule has 3 heterocycles. The fourth-order valence-electron chi connectivity index (χ4n) is 2.28. The standard InChI is InChI=1S/C12H19N7O/c13-17-10-9-19-4-2-15-12(19)11(16-10)14-1-3-18-5-7-20-8-6-18/h2,4,9,17H,1,3,5-8,13H2,(H,14,16). The molecule has 1 aliphatic rings. The predicted molar refractivity (Wildman–Crippen MR) is 76.5 cm³/mol. The van der Waals surface area contributed by atoms with Gasteiger partial charge in [-0.1, -0.05) is 0 Å². The summed E-state index contributed by atoms with van der Waals surface area (Å²) in [6.07, 6.45) is 5.41. The highest BCUT2D eigenvalue weighted by molar-refractivity contribution is 5.65. The lowest BCUT2D eigenvalue weighted by Gasteiger charge is -2.26. The summed E-state index contributed by atoms with van der Waals surface area (Å²) in [5.41, 5.74) is 3.36. The van der Waals surface area contributed by atoms with E-state index in [0.29, 0.717) is 5.82 Å². The molecule has 108 valence electrons. The van der Waals surface area contributed by atoms with E-state index >= 15 is 0 Å². The molecule has 1 aliphatic heterocycles. The summed E-state index contributed by atoms with van der Waals surface area (Å²) < 4.78 is 7.22. The number of nitrogen functional groups attached to an aromatic ring is 1. The zero-order valence-electron chi connectivity index (χ0n) is 11.2. The van der Waals surface area contributed by atoms with Crippen LogP contribution in [0.2, 0.25) is 0 Å². The number of hydrazine groups is 1. The van der Waals surface area contributed by atoms with E-state index in [1.54, 1.807) is 12.4 Å². The minimum atomic E-state index is 0.601. The molecule has 0 spiro atoms. The Kier molecular flexibility index (Phi) is 3.95. The van der Waals surface area contributed by atoms with Crippen molar-refractivity contribution in [2.24, 2.45) is 5.84 Å². The van der Waals surface area contributed by atoms with E-state index in [0.717, 1.165) is 50.9 Å². The van der Waals surface area contributed by atoms with Crippen molar-refractivity contribution in [2.45, 2.75) is 0 Å². The average molecular weight is 277 g/mol. The van der Waals surface area contributed by atoms with Crippen LogP contribution in [0, 0.1) is 0 Å². The van der Waals surface area contributed by atoms with Gasteiger partial charge < -0.3 is 19.9 Å². The Morgan fingerprint density at radius 1 is 1.35 bits per heavy atom. The first-order valence-corrected chi connectivity index (χ1v) is 6.71. The van der Waals surface area contributed by atoms with Crippen LogP contribution in [0.3, 0.4) is 0 Å². The van der Waals surface area contributed by atoms with Gasteiger partial charge in [0.2, 0.25) is 0 Å². The Morgan fingerprint density at radius 3 is 3.00 bits per heavy atom. The second-order valence-electron chi connectivity index (χ2n) is 4.66. The van der Waals surface area contributed by atoms with Gasteiger partial charge in [-0.25, -0.2) is 15.8 Å². The van der Waals surface area contributed by atoms with Gasteiger partial charge in [-0.05, 0) is 0 Å². The summed E-state index contributed by atoms with van der Waals surface area (Å²) in [4.78, 5) is 11.1. The Labute approximate surface area is 116 Å². The third-order valence-corrected chi connectivity index (χ3v) is 3.35. The molecule has 0 amide bonds. The van der Waals surface area contributed by atoms with Crippen LogP contribution in [0.25, 0.3) is 5.65 Å². The van der Waals surface area contributed by atoms with E-state index in [1.807, 2.05) is 10.6 Å². The Bertz CT molecular complexity index is 564. The maximum Gasteiger partial charge on any atom is 0.180 e. The number of ether oxygens (including phenoxy) is 1. The zero-order valence-corrected chi connectivity index (χ0v) is 11.2. The van der Waals surface area contributed by atoms with Crippen LogP contribution in [0.1, 0.15) is 0 Å². The van der Waals surface area contributed by atoms with Crippen LogP contribution < -0.4 is 16.6 Å². The van der Waals surface area contributed by atoms with Crippen LogP contribution in [0.15, 0.2) is 18.6 Å². The van der Waals surface area contributed by atoms with Gasteiger partial charge in [-0.2, -0.15) is 0 Å². The van der Waals surface area contributed by atoms with Crippen LogP contribution in [-0.4, -0.2) is 58.7 Å². The van der Waals surface area contributed by atoms with Crippen LogP contribution in [0.4, 0.5) is 11.6 Å². The average Bonchev–Trinajstić information content (AvgIpc) is 2.96. The van der Waals surface area contributed by atoms with Crippen LogP contribution in [-0.2, 0) is 4.74 Å². The predicted octanol–water partition coefficient (Wildman–Crippen LogP) is -0.241. The zero-order chi connectivity index (χ0) is 13.8. The molecule has 0 aromatic carbocycles. The lowest BCUT2D eigenvalue weighted by molar-refractivity contribution is 0.0398. The molecule has 3 rings (SSSR count). The normalized spacial score (nSPS) is 16.4. The first kappa shape index (κ1) is 13.1. The smallest absolute Gasteiger partial charge is 0.180 e. The molecule has 2 aromatic heterocycles. The summed E-state index contributed by atoms with van der Waals surface area (Å²) in [5.74, 6) is 6.76. The van der Waals surface area contributed by atoms with Gasteiger partial charge in [0, 0.05) is 38.6 Å².